The molecule has 0 saturated heterocycles. The van der Waals surface area contributed by atoms with E-state index in [9.17, 15) is 0 Å². The predicted molar refractivity (Wildman–Crippen MR) is 71.7 cm³/mol. The van der Waals surface area contributed by atoms with E-state index in [4.69, 9.17) is 0 Å². The van der Waals surface area contributed by atoms with Gasteiger partial charge >= 0.3 is 0 Å². The van der Waals surface area contributed by atoms with E-state index in [1.54, 1.807) is 0 Å². The van der Waals surface area contributed by atoms with Gasteiger partial charge in [0.1, 0.15) is 0 Å². The zero-order valence-electron chi connectivity index (χ0n) is 10.8. The summed E-state index contributed by atoms with van der Waals surface area (Å²) in [7, 11) is 0. The first-order valence-electron chi connectivity index (χ1n) is 6.84. The molecule has 1 aromatic rings. The molecule has 0 spiro atoms. The van der Waals surface area contributed by atoms with Gasteiger partial charge in [-0.05, 0) is 30.4 Å². The van der Waals surface area contributed by atoms with Crippen molar-refractivity contribution in [2.24, 2.45) is 0 Å². The van der Waals surface area contributed by atoms with E-state index in [-0.39, 0.29) is 0 Å². The van der Waals surface area contributed by atoms with Gasteiger partial charge in [0.05, 0.1) is 0 Å². The van der Waals surface area contributed by atoms with E-state index in [0.717, 1.165) is 5.92 Å². The summed E-state index contributed by atoms with van der Waals surface area (Å²) in [6.07, 6.45) is 9.56. The summed E-state index contributed by atoms with van der Waals surface area (Å²) < 4.78 is 0. The Hall–Kier alpha value is -0.780. The van der Waals surface area contributed by atoms with Crippen molar-refractivity contribution in [1.82, 2.24) is 0 Å². The van der Waals surface area contributed by atoms with Crippen molar-refractivity contribution in [3.63, 3.8) is 0 Å². The lowest BCUT2D eigenvalue weighted by molar-refractivity contribution is 0.535. The zero-order valence-corrected chi connectivity index (χ0v) is 10.8. The van der Waals surface area contributed by atoms with E-state index in [2.05, 4.69) is 32.0 Å². The smallest absolute Gasteiger partial charge is 0.0165 e. The molecule has 0 aromatic heterocycles. The lowest BCUT2D eigenvalue weighted by atomic mass is 9.91. The molecule has 0 bridgehead atoms. The monoisotopic (exact) mass is 217 g/mol. The molecule has 0 nitrogen and oxygen atoms in total. The first kappa shape index (κ1) is 13.3. The molecular formula is C16H25. The quantitative estimate of drug-likeness (QED) is 0.515. The lowest BCUT2D eigenvalue weighted by Crippen LogP contribution is -1.97. The Morgan fingerprint density at radius 3 is 2.31 bits per heavy atom. The maximum atomic E-state index is 3.10. The fourth-order valence-electron chi connectivity index (χ4n) is 2.27. The summed E-state index contributed by atoms with van der Waals surface area (Å²) in [5.74, 6) is 0.760. The van der Waals surface area contributed by atoms with Gasteiger partial charge in [0.2, 0.25) is 0 Å². The molecule has 0 heteroatoms. The molecule has 1 aromatic carbocycles. The third-order valence-corrected chi connectivity index (χ3v) is 3.36. The largest absolute Gasteiger partial charge is 0.0654 e. The Bertz CT molecular complexity index is 250. The molecule has 0 aliphatic rings. The third kappa shape index (κ3) is 4.83. The Kier molecular flexibility index (Phi) is 6.96. The minimum absolute atomic E-state index is 0.760. The van der Waals surface area contributed by atoms with Gasteiger partial charge in [-0.2, -0.15) is 0 Å². The number of unbranched alkanes of at least 4 members (excludes halogenated alkanes) is 4. The van der Waals surface area contributed by atoms with Crippen LogP contribution >= 0.6 is 0 Å². The van der Waals surface area contributed by atoms with E-state index in [0.29, 0.717) is 0 Å². The van der Waals surface area contributed by atoms with Crippen molar-refractivity contribution in [2.45, 2.75) is 64.7 Å². The van der Waals surface area contributed by atoms with Crippen LogP contribution in [0.15, 0.2) is 24.3 Å². The second kappa shape index (κ2) is 8.38. The van der Waals surface area contributed by atoms with E-state index < -0.39 is 0 Å². The van der Waals surface area contributed by atoms with Crippen LogP contribution in [0.3, 0.4) is 0 Å². The molecule has 1 rings (SSSR count). The first-order chi connectivity index (χ1) is 7.88. The molecule has 0 fully saturated rings. The predicted octanol–water partition coefficient (Wildman–Crippen LogP) is 5.34. The van der Waals surface area contributed by atoms with Crippen LogP contribution < -0.4 is 0 Å². The Balaban J connectivity index is 2.27. The number of hydrogen-bond donors (Lipinski definition) is 0. The van der Waals surface area contributed by atoms with Crippen LogP contribution in [0.2, 0.25) is 0 Å². The maximum absolute atomic E-state index is 3.10. The summed E-state index contributed by atoms with van der Waals surface area (Å²) in [6, 6.07) is 11.6. The summed E-state index contributed by atoms with van der Waals surface area (Å²) >= 11 is 0. The van der Waals surface area contributed by atoms with E-state index in [1.165, 1.54) is 50.5 Å². The van der Waals surface area contributed by atoms with Gasteiger partial charge in [0.15, 0.2) is 0 Å². The summed E-state index contributed by atoms with van der Waals surface area (Å²) in [5, 5.41) is 0. The average molecular weight is 217 g/mol. The summed E-state index contributed by atoms with van der Waals surface area (Å²) in [5.41, 5.74) is 1.50. The van der Waals surface area contributed by atoms with Crippen molar-refractivity contribution in [2.75, 3.05) is 0 Å². The lowest BCUT2D eigenvalue weighted by Gasteiger charge is -2.14. The second-order valence-corrected chi connectivity index (χ2v) is 4.64. The minimum Gasteiger partial charge on any atom is -0.0654 e. The Labute approximate surface area is 101 Å². The van der Waals surface area contributed by atoms with Crippen LogP contribution in [0.5, 0.6) is 0 Å². The standard InChI is InChI=1S/C16H25/c1-3-5-6-7-9-12-15(4-2)16-13-10-8-11-14-16/h10-11,13-15H,3-7,9,12H2,1-2H3. The molecule has 0 heterocycles. The fraction of sp³-hybridized carbons (Fsp3) is 0.625. The second-order valence-electron chi connectivity index (χ2n) is 4.64. The highest BCUT2D eigenvalue weighted by molar-refractivity contribution is 5.18. The molecular weight excluding hydrogens is 192 g/mol. The summed E-state index contributed by atoms with van der Waals surface area (Å²) in [4.78, 5) is 0. The first-order valence-corrected chi connectivity index (χ1v) is 6.84. The van der Waals surface area contributed by atoms with Crippen molar-refractivity contribution in [3.05, 3.63) is 35.9 Å². The van der Waals surface area contributed by atoms with Crippen molar-refractivity contribution in [3.8, 4) is 0 Å². The van der Waals surface area contributed by atoms with Gasteiger partial charge in [0, 0.05) is 0 Å². The molecule has 16 heavy (non-hydrogen) atoms. The minimum atomic E-state index is 0.760. The molecule has 1 unspecified atom stereocenters. The molecule has 1 radical (unpaired) electrons. The fourth-order valence-corrected chi connectivity index (χ4v) is 2.27. The highest BCUT2D eigenvalue weighted by Gasteiger charge is 2.07. The molecule has 0 aliphatic heterocycles. The molecule has 89 valence electrons. The highest BCUT2D eigenvalue weighted by atomic mass is 14.1. The van der Waals surface area contributed by atoms with Crippen molar-refractivity contribution >= 4 is 0 Å². The Morgan fingerprint density at radius 2 is 1.69 bits per heavy atom. The van der Waals surface area contributed by atoms with Crippen LogP contribution in [0.25, 0.3) is 0 Å². The molecule has 0 amide bonds. The van der Waals surface area contributed by atoms with Gasteiger partial charge < -0.3 is 0 Å². The molecule has 0 aliphatic carbocycles. The van der Waals surface area contributed by atoms with Gasteiger partial charge in [0.25, 0.3) is 0 Å². The van der Waals surface area contributed by atoms with Crippen molar-refractivity contribution < 1.29 is 0 Å². The number of hydrogen-bond acceptors (Lipinski definition) is 0. The highest BCUT2D eigenvalue weighted by Crippen LogP contribution is 2.25. The van der Waals surface area contributed by atoms with Crippen LogP contribution in [-0.2, 0) is 0 Å². The normalized spacial score (nSPS) is 12.6. The molecule has 0 N–H and O–H groups in total. The van der Waals surface area contributed by atoms with Crippen LogP contribution in [0.1, 0.15) is 70.3 Å². The maximum Gasteiger partial charge on any atom is -0.0165 e. The Morgan fingerprint density at radius 1 is 1.00 bits per heavy atom. The van der Waals surface area contributed by atoms with E-state index in [1.807, 2.05) is 12.1 Å². The topological polar surface area (TPSA) is 0 Å². The van der Waals surface area contributed by atoms with E-state index >= 15 is 0 Å². The van der Waals surface area contributed by atoms with Crippen molar-refractivity contribution in [1.29, 1.82) is 0 Å². The third-order valence-electron chi connectivity index (χ3n) is 3.36. The average Bonchev–Trinajstić information content (AvgIpc) is 2.35. The number of benzene rings is 1. The number of rotatable bonds is 8. The van der Waals surface area contributed by atoms with Gasteiger partial charge in [-0.25, -0.2) is 0 Å². The van der Waals surface area contributed by atoms with Gasteiger partial charge in [-0.1, -0.05) is 70.2 Å². The van der Waals surface area contributed by atoms with Gasteiger partial charge in [-0.15, -0.1) is 0 Å². The summed E-state index contributed by atoms with van der Waals surface area (Å²) in [6.45, 7) is 4.57. The van der Waals surface area contributed by atoms with Crippen LogP contribution in [-0.4, -0.2) is 0 Å². The zero-order chi connectivity index (χ0) is 11.6. The molecule has 1 atom stereocenters. The molecule has 0 saturated carbocycles. The SMILES string of the molecule is CCCCCCCC(CC)c1cc[c]cc1. The van der Waals surface area contributed by atoms with Crippen LogP contribution in [0, 0.1) is 6.07 Å². The van der Waals surface area contributed by atoms with Crippen LogP contribution in [0.4, 0.5) is 0 Å². The van der Waals surface area contributed by atoms with Gasteiger partial charge in [-0.3, -0.25) is 0 Å².